The molecule has 2 rings (SSSR count). The summed E-state index contributed by atoms with van der Waals surface area (Å²) in [7, 11) is 0. The standard InChI is InChI=1S/C19H21FN2O3S/c1-3-11-21(12-4-2)19(23)14-5-10-18(17(13-14)22(24)25)26-16-8-6-15(20)7-9-16/h5-10,13H,3-4,11-12H2,1-2H3. The summed E-state index contributed by atoms with van der Waals surface area (Å²) < 4.78 is 13.0. The Kier molecular flexibility index (Phi) is 7.15. The van der Waals surface area contributed by atoms with Gasteiger partial charge in [-0.3, -0.25) is 14.9 Å². The molecular formula is C19H21FN2O3S. The molecule has 0 aromatic heterocycles. The Morgan fingerprint density at radius 2 is 1.73 bits per heavy atom. The highest BCUT2D eigenvalue weighted by Crippen LogP contribution is 2.35. The van der Waals surface area contributed by atoms with Gasteiger partial charge in [0.25, 0.3) is 11.6 Å². The summed E-state index contributed by atoms with van der Waals surface area (Å²) in [4.78, 5) is 26.5. The predicted octanol–water partition coefficient (Wildman–Crippen LogP) is 5.15. The van der Waals surface area contributed by atoms with Crippen LogP contribution in [-0.2, 0) is 0 Å². The molecule has 0 aliphatic rings. The van der Waals surface area contributed by atoms with E-state index in [4.69, 9.17) is 0 Å². The minimum atomic E-state index is -0.493. The molecule has 0 N–H and O–H groups in total. The molecule has 0 saturated heterocycles. The van der Waals surface area contributed by atoms with Crippen LogP contribution >= 0.6 is 11.8 Å². The summed E-state index contributed by atoms with van der Waals surface area (Å²) in [6.45, 7) is 5.21. The van der Waals surface area contributed by atoms with Crippen molar-refractivity contribution in [2.75, 3.05) is 13.1 Å². The van der Waals surface area contributed by atoms with Crippen LogP contribution in [0.15, 0.2) is 52.3 Å². The molecule has 0 atom stereocenters. The van der Waals surface area contributed by atoms with Gasteiger partial charge in [-0.05, 0) is 49.2 Å². The van der Waals surface area contributed by atoms with Gasteiger partial charge in [-0.1, -0.05) is 25.6 Å². The van der Waals surface area contributed by atoms with Crippen LogP contribution in [0.4, 0.5) is 10.1 Å². The Labute approximate surface area is 156 Å². The topological polar surface area (TPSA) is 63.5 Å². The maximum absolute atomic E-state index is 13.0. The summed E-state index contributed by atoms with van der Waals surface area (Å²) in [5.74, 6) is -0.563. The quantitative estimate of drug-likeness (QED) is 0.472. The second kappa shape index (κ2) is 9.33. The Morgan fingerprint density at radius 1 is 1.12 bits per heavy atom. The van der Waals surface area contributed by atoms with Crippen molar-refractivity contribution in [1.29, 1.82) is 0 Å². The average Bonchev–Trinajstić information content (AvgIpc) is 2.63. The van der Waals surface area contributed by atoms with Crippen LogP contribution in [0.1, 0.15) is 37.0 Å². The van der Waals surface area contributed by atoms with Crippen LogP contribution in [0.25, 0.3) is 0 Å². The molecule has 0 aliphatic carbocycles. The largest absolute Gasteiger partial charge is 0.339 e. The average molecular weight is 376 g/mol. The van der Waals surface area contributed by atoms with E-state index in [0.717, 1.165) is 12.8 Å². The molecule has 2 aromatic rings. The van der Waals surface area contributed by atoms with E-state index < -0.39 is 4.92 Å². The monoisotopic (exact) mass is 376 g/mol. The lowest BCUT2D eigenvalue weighted by molar-refractivity contribution is -0.387. The zero-order valence-electron chi connectivity index (χ0n) is 14.8. The summed E-state index contributed by atoms with van der Waals surface area (Å²) in [6, 6.07) is 10.3. The molecule has 2 aromatic carbocycles. The first kappa shape index (κ1) is 19.9. The van der Waals surface area contributed by atoms with Crippen molar-refractivity contribution in [2.45, 2.75) is 36.5 Å². The zero-order valence-corrected chi connectivity index (χ0v) is 15.6. The van der Waals surface area contributed by atoms with Crippen LogP contribution in [-0.4, -0.2) is 28.8 Å². The van der Waals surface area contributed by atoms with Crippen molar-refractivity contribution in [3.63, 3.8) is 0 Å². The van der Waals surface area contributed by atoms with E-state index in [-0.39, 0.29) is 17.4 Å². The van der Waals surface area contributed by atoms with Crippen molar-refractivity contribution < 1.29 is 14.1 Å². The summed E-state index contributed by atoms with van der Waals surface area (Å²) in [5, 5.41) is 11.5. The molecule has 0 spiro atoms. The highest BCUT2D eigenvalue weighted by molar-refractivity contribution is 7.99. The fourth-order valence-corrected chi connectivity index (χ4v) is 3.45. The number of rotatable bonds is 8. The van der Waals surface area contributed by atoms with Gasteiger partial charge in [-0.15, -0.1) is 0 Å². The van der Waals surface area contributed by atoms with Gasteiger partial charge in [0.1, 0.15) is 5.82 Å². The van der Waals surface area contributed by atoms with Gasteiger partial charge in [0.15, 0.2) is 0 Å². The first-order chi connectivity index (χ1) is 12.5. The van der Waals surface area contributed by atoms with Gasteiger partial charge in [-0.2, -0.15) is 0 Å². The number of nitro groups is 1. The Balaban J connectivity index is 2.31. The molecule has 0 aliphatic heterocycles. The van der Waals surface area contributed by atoms with E-state index in [1.807, 2.05) is 13.8 Å². The number of hydrogen-bond donors (Lipinski definition) is 0. The number of halogens is 1. The predicted molar refractivity (Wildman–Crippen MR) is 100 cm³/mol. The highest BCUT2D eigenvalue weighted by atomic mass is 32.2. The molecule has 26 heavy (non-hydrogen) atoms. The van der Waals surface area contributed by atoms with E-state index in [0.29, 0.717) is 28.4 Å². The van der Waals surface area contributed by atoms with E-state index >= 15 is 0 Å². The Morgan fingerprint density at radius 3 is 2.27 bits per heavy atom. The molecule has 0 bridgehead atoms. The van der Waals surface area contributed by atoms with E-state index in [9.17, 15) is 19.3 Å². The smallest absolute Gasteiger partial charge is 0.284 e. The molecule has 0 fully saturated rings. The summed E-state index contributed by atoms with van der Waals surface area (Å²) in [5.41, 5.74) is 0.181. The first-order valence-electron chi connectivity index (χ1n) is 8.47. The molecule has 7 heteroatoms. The maximum atomic E-state index is 13.0. The summed E-state index contributed by atoms with van der Waals surface area (Å²) in [6.07, 6.45) is 1.65. The molecular weight excluding hydrogens is 355 g/mol. The van der Waals surface area contributed by atoms with E-state index in [1.54, 1.807) is 29.2 Å². The maximum Gasteiger partial charge on any atom is 0.284 e. The van der Waals surface area contributed by atoms with Gasteiger partial charge in [0, 0.05) is 29.6 Å². The fourth-order valence-electron chi connectivity index (χ4n) is 2.55. The lowest BCUT2D eigenvalue weighted by atomic mass is 10.1. The van der Waals surface area contributed by atoms with Crippen molar-refractivity contribution in [3.05, 3.63) is 64.0 Å². The fraction of sp³-hybridized carbons (Fsp3) is 0.316. The lowest BCUT2D eigenvalue weighted by Crippen LogP contribution is -2.32. The Hall–Kier alpha value is -2.41. The first-order valence-corrected chi connectivity index (χ1v) is 9.29. The number of amides is 1. The third-order valence-corrected chi connectivity index (χ3v) is 4.79. The van der Waals surface area contributed by atoms with Gasteiger partial charge in [-0.25, -0.2) is 4.39 Å². The number of nitro benzene ring substituents is 1. The van der Waals surface area contributed by atoms with Crippen LogP contribution in [0, 0.1) is 15.9 Å². The van der Waals surface area contributed by atoms with Gasteiger partial charge < -0.3 is 4.90 Å². The van der Waals surface area contributed by atoms with Crippen molar-refractivity contribution in [3.8, 4) is 0 Å². The van der Waals surface area contributed by atoms with Gasteiger partial charge in [0.05, 0.1) is 9.82 Å². The molecule has 1 amide bonds. The van der Waals surface area contributed by atoms with Gasteiger partial charge in [0.2, 0.25) is 0 Å². The minimum Gasteiger partial charge on any atom is -0.339 e. The number of hydrogen-bond acceptors (Lipinski definition) is 4. The van der Waals surface area contributed by atoms with Crippen molar-refractivity contribution in [2.24, 2.45) is 0 Å². The highest BCUT2D eigenvalue weighted by Gasteiger charge is 2.21. The number of carbonyl (C=O) groups excluding carboxylic acids is 1. The molecule has 138 valence electrons. The zero-order chi connectivity index (χ0) is 19.1. The minimum absolute atomic E-state index is 0.127. The second-order valence-electron chi connectivity index (χ2n) is 5.79. The number of carbonyl (C=O) groups is 1. The van der Waals surface area contributed by atoms with Crippen LogP contribution in [0.2, 0.25) is 0 Å². The molecule has 0 saturated carbocycles. The number of benzene rings is 2. The third kappa shape index (κ3) is 5.05. The SMILES string of the molecule is CCCN(CCC)C(=O)c1ccc(Sc2ccc(F)cc2)c([N+](=O)[O-])c1. The summed E-state index contributed by atoms with van der Waals surface area (Å²) >= 11 is 1.17. The van der Waals surface area contributed by atoms with Gasteiger partial charge >= 0.3 is 0 Å². The van der Waals surface area contributed by atoms with Crippen LogP contribution < -0.4 is 0 Å². The van der Waals surface area contributed by atoms with E-state index in [1.165, 1.54) is 30.0 Å². The van der Waals surface area contributed by atoms with Crippen molar-refractivity contribution >= 4 is 23.4 Å². The van der Waals surface area contributed by atoms with Crippen LogP contribution in [0.3, 0.4) is 0 Å². The Bertz CT molecular complexity index is 775. The normalized spacial score (nSPS) is 10.6. The second-order valence-corrected chi connectivity index (χ2v) is 6.90. The molecule has 0 radical (unpaired) electrons. The number of nitrogens with zero attached hydrogens (tertiary/aromatic N) is 2. The third-order valence-electron chi connectivity index (χ3n) is 3.72. The lowest BCUT2D eigenvalue weighted by Gasteiger charge is -2.21. The molecule has 0 heterocycles. The molecule has 5 nitrogen and oxygen atoms in total. The molecule has 0 unspecified atom stereocenters. The van der Waals surface area contributed by atoms with E-state index in [2.05, 4.69) is 0 Å². The van der Waals surface area contributed by atoms with Crippen molar-refractivity contribution in [1.82, 2.24) is 4.90 Å². The van der Waals surface area contributed by atoms with Crippen LogP contribution in [0.5, 0.6) is 0 Å².